The second-order valence-electron chi connectivity index (χ2n) is 4.35. The third kappa shape index (κ3) is 3.57. The van der Waals surface area contributed by atoms with Gasteiger partial charge in [0.1, 0.15) is 5.82 Å². The molecule has 2 aromatic rings. The minimum absolute atomic E-state index is 0.117. The highest BCUT2D eigenvalue weighted by atomic mass is 19.1. The van der Waals surface area contributed by atoms with Gasteiger partial charge in [0, 0.05) is 12.2 Å². The standard InChI is InChI=1S/C16H13FN2O2/c1-21-16(20)14-8-13(5-6-15(14)17)19-10-12-4-2-3-11(7-12)9-18/h2-8,19H,10H2,1H3. The zero-order valence-corrected chi connectivity index (χ0v) is 11.4. The molecule has 0 saturated heterocycles. The maximum atomic E-state index is 13.5. The molecule has 21 heavy (non-hydrogen) atoms. The second-order valence-corrected chi connectivity index (χ2v) is 4.35. The van der Waals surface area contributed by atoms with Crippen molar-refractivity contribution in [3.63, 3.8) is 0 Å². The molecule has 0 bridgehead atoms. The quantitative estimate of drug-likeness (QED) is 0.876. The molecule has 0 saturated carbocycles. The number of nitrogens with zero attached hydrogens (tertiary/aromatic N) is 1. The van der Waals surface area contributed by atoms with Gasteiger partial charge in [0.15, 0.2) is 0 Å². The van der Waals surface area contributed by atoms with Gasteiger partial charge in [-0.2, -0.15) is 5.26 Å². The largest absolute Gasteiger partial charge is 0.465 e. The van der Waals surface area contributed by atoms with Crippen LogP contribution in [0.15, 0.2) is 42.5 Å². The van der Waals surface area contributed by atoms with Crippen LogP contribution in [0.2, 0.25) is 0 Å². The van der Waals surface area contributed by atoms with Gasteiger partial charge < -0.3 is 10.1 Å². The zero-order chi connectivity index (χ0) is 15.2. The average molecular weight is 284 g/mol. The number of rotatable bonds is 4. The molecule has 2 aromatic carbocycles. The molecule has 0 aliphatic rings. The summed E-state index contributed by atoms with van der Waals surface area (Å²) in [6, 6.07) is 13.4. The first-order valence-electron chi connectivity index (χ1n) is 6.25. The molecular weight excluding hydrogens is 271 g/mol. The minimum atomic E-state index is -0.720. The van der Waals surface area contributed by atoms with Crippen LogP contribution in [-0.4, -0.2) is 13.1 Å². The number of hydrogen-bond acceptors (Lipinski definition) is 4. The van der Waals surface area contributed by atoms with Crippen molar-refractivity contribution < 1.29 is 13.9 Å². The average Bonchev–Trinajstić information content (AvgIpc) is 2.53. The Kier molecular flexibility index (Phi) is 4.52. The lowest BCUT2D eigenvalue weighted by Gasteiger charge is -2.09. The third-order valence-electron chi connectivity index (χ3n) is 2.92. The number of hydrogen-bond donors (Lipinski definition) is 1. The van der Waals surface area contributed by atoms with Gasteiger partial charge in [0.05, 0.1) is 24.3 Å². The van der Waals surface area contributed by atoms with E-state index in [0.717, 1.165) is 5.56 Å². The van der Waals surface area contributed by atoms with Crippen molar-refractivity contribution in [2.24, 2.45) is 0 Å². The fourth-order valence-corrected chi connectivity index (χ4v) is 1.86. The van der Waals surface area contributed by atoms with Crippen molar-refractivity contribution in [2.45, 2.75) is 6.54 Å². The molecule has 0 aliphatic carbocycles. The Balaban J connectivity index is 2.13. The summed E-state index contributed by atoms with van der Waals surface area (Å²) in [6.07, 6.45) is 0. The predicted molar refractivity (Wildman–Crippen MR) is 76.2 cm³/mol. The Labute approximate surface area is 121 Å². The smallest absolute Gasteiger partial charge is 0.340 e. The number of ether oxygens (including phenoxy) is 1. The first kappa shape index (κ1) is 14.5. The van der Waals surface area contributed by atoms with Gasteiger partial charge in [0.25, 0.3) is 0 Å². The first-order valence-corrected chi connectivity index (χ1v) is 6.25. The van der Waals surface area contributed by atoms with E-state index in [1.54, 1.807) is 18.2 Å². The number of benzene rings is 2. The van der Waals surface area contributed by atoms with E-state index < -0.39 is 11.8 Å². The number of methoxy groups -OCH3 is 1. The van der Waals surface area contributed by atoms with Gasteiger partial charge in [-0.15, -0.1) is 0 Å². The van der Waals surface area contributed by atoms with Crippen LogP contribution in [0.25, 0.3) is 0 Å². The van der Waals surface area contributed by atoms with Gasteiger partial charge in [-0.05, 0) is 35.9 Å². The van der Waals surface area contributed by atoms with Crippen molar-refractivity contribution in [3.8, 4) is 6.07 Å². The van der Waals surface area contributed by atoms with Crippen molar-refractivity contribution in [1.82, 2.24) is 0 Å². The summed E-state index contributed by atoms with van der Waals surface area (Å²) >= 11 is 0. The second kappa shape index (κ2) is 6.53. The maximum absolute atomic E-state index is 13.5. The Morgan fingerprint density at radius 2 is 2.14 bits per heavy atom. The SMILES string of the molecule is COC(=O)c1cc(NCc2cccc(C#N)c2)ccc1F. The van der Waals surface area contributed by atoms with Crippen LogP contribution < -0.4 is 5.32 Å². The van der Waals surface area contributed by atoms with Crippen molar-refractivity contribution >= 4 is 11.7 Å². The van der Waals surface area contributed by atoms with Crippen molar-refractivity contribution in [2.75, 3.05) is 12.4 Å². The van der Waals surface area contributed by atoms with Gasteiger partial charge in [-0.25, -0.2) is 9.18 Å². The monoisotopic (exact) mass is 284 g/mol. The summed E-state index contributed by atoms with van der Waals surface area (Å²) in [5.74, 6) is -1.35. The van der Waals surface area contributed by atoms with E-state index >= 15 is 0 Å². The molecule has 0 amide bonds. The van der Waals surface area contributed by atoms with Crippen LogP contribution >= 0.6 is 0 Å². The number of carbonyl (C=O) groups is 1. The Morgan fingerprint density at radius 1 is 1.33 bits per heavy atom. The molecule has 0 aromatic heterocycles. The fourth-order valence-electron chi connectivity index (χ4n) is 1.86. The number of anilines is 1. The van der Waals surface area contributed by atoms with Crippen LogP contribution in [-0.2, 0) is 11.3 Å². The molecule has 0 radical (unpaired) electrons. The van der Waals surface area contributed by atoms with E-state index in [2.05, 4.69) is 16.1 Å². The maximum Gasteiger partial charge on any atom is 0.340 e. The molecule has 0 spiro atoms. The van der Waals surface area contributed by atoms with Crippen molar-refractivity contribution in [3.05, 3.63) is 65.0 Å². The molecular formula is C16H13FN2O2. The molecule has 5 heteroatoms. The summed E-state index contributed by atoms with van der Waals surface area (Å²) in [6.45, 7) is 0.460. The van der Waals surface area contributed by atoms with E-state index in [1.807, 2.05) is 6.07 Å². The summed E-state index contributed by atoms with van der Waals surface area (Å²) < 4.78 is 18.0. The van der Waals surface area contributed by atoms with Crippen LogP contribution in [0.1, 0.15) is 21.5 Å². The lowest BCUT2D eigenvalue weighted by atomic mass is 10.1. The number of halogens is 1. The van der Waals surface area contributed by atoms with Gasteiger partial charge in [-0.3, -0.25) is 0 Å². The Morgan fingerprint density at radius 3 is 2.86 bits per heavy atom. The fraction of sp³-hybridized carbons (Fsp3) is 0.125. The highest BCUT2D eigenvalue weighted by Gasteiger charge is 2.12. The summed E-state index contributed by atoms with van der Waals surface area (Å²) in [7, 11) is 1.20. The van der Waals surface area contributed by atoms with Gasteiger partial charge >= 0.3 is 5.97 Å². The van der Waals surface area contributed by atoms with Crippen molar-refractivity contribution in [1.29, 1.82) is 5.26 Å². The lowest BCUT2D eigenvalue weighted by molar-refractivity contribution is 0.0595. The molecule has 4 nitrogen and oxygen atoms in total. The molecule has 0 aliphatic heterocycles. The predicted octanol–water partition coefficient (Wildman–Crippen LogP) is 3.10. The molecule has 0 fully saturated rings. The molecule has 0 heterocycles. The molecule has 0 atom stereocenters. The topological polar surface area (TPSA) is 62.1 Å². The lowest BCUT2D eigenvalue weighted by Crippen LogP contribution is -2.06. The van der Waals surface area contributed by atoms with E-state index in [0.29, 0.717) is 17.8 Å². The highest BCUT2D eigenvalue weighted by Crippen LogP contribution is 2.17. The third-order valence-corrected chi connectivity index (χ3v) is 2.92. The summed E-state index contributed by atoms with van der Waals surface area (Å²) in [4.78, 5) is 11.4. The number of carbonyl (C=O) groups excluding carboxylic acids is 1. The first-order chi connectivity index (χ1) is 10.1. The highest BCUT2D eigenvalue weighted by molar-refractivity contribution is 5.90. The van der Waals surface area contributed by atoms with E-state index in [1.165, 1.54) is 25.3 Å². The van der Waals surface area contributed by atoms with Crippen LogP contribution in [0.4, 0.5) is 10.1 Å². The molecule has 106 valence electrons. The molecule has 1 N–H and O–H groups in total. The van der Waals surface area contributed by atoms with E-state index in [9.17, 15) is 9.18 Å². The van der Waals surface area contributed by atoms with Crippen LogP contribution in [0, 0.1) is 17.1 Å². The van der Waals surface area contributed by atoms with Crippen LogP contribution in [0.3, 0.4) is 0 Å². The van der Waals surface area contributed by atoms with Gasteiger partial charge in [-0.1, -0.05) is 12.1 Å². The summed E-state index contributed by atoms with van der Waals surface area (Å²) in [5, 5.41) is 11.9. The van der Waals surface area contributed by atoms with E-state index in [4.69, 9.17) is 5.26 Å². The van der Waals surface area contributed by atoms with E-state index in [-0.39, 0.29) is 5.56 Å². The molecule has 0 unspecified atom stereocenters. The Bertz CT molecular complexity index is 708. The number of nitrogens with one attached hydrogen (secondary N) is 1. The molecule has 2 rings (SSSR count). The normalized spacial score (nSPS) is 9.76. The number of nitriles is 1. The van der Waals surface area contributed by atoms with Crippen LogP contribution in [0.5, 0.6) is 0 Å². The summed E-state index contributed by atoms with van der Waals surface area (Å²) in [5.41, 5.74) is 1.97. The zero-order valence-electron chi connectivity index (χ0n) is 11.4. The number of esters is 1. The Hall–Kier alpha value is -2.87. The van der Waals surface area contributed by atoms with Gasteiger partial charge in [0.2, 0.25) is 0 Å². The minimum Gasteiger partial charge on any atom is -0.465 e.